The Bertz CT molecular complexity index is 904. The summed E-state index contributed by atoms with van der Waals surface area (Å²) in [5.41, 5.74) is 1.04. The van der Waals surface area contributed by atoms with E-state index in [0.717, 1.165) is 5.56 Å². The molecule has 29 heavy (non-hydrogen) atoms. The molecule has 2 N–H and O–H groups in total. The highest BCUT2D eigenvalue weighted by molar-refractivity contribution is 6.42. The second kappa shape index (κ2) is 10.7. The number of methoxy groups -OCH3 is 1. The number of hydrogen-bond donors (Lipinski definition) is 2. The maximum Gasteiger partial charge on any atom is 0.325 e. The lowest BCUT2D eigenvalue weighted by atomic mass is 10.1. The number of para-hydroxylation sites is 1. The second-order valence-electron chi connectivity index (χ2n) is 6.01. The van der Waals surface area contributed by atoms with Gasteiger partial charge in [0, 0.05) is 0 Å². The van der Waals surface area contributed by atoms with E-state index in [1.54, 1.807) is 49.4 Å². The van der Waals surface area contributed by atoms with Gasteiger partial charge >= 0.3 is 5.97 Å². The number of carbonyl (C=O) groups is 3. The number of halogens is 2. The van der Waals surface area contributed by atoms with E-state index in [1.807, 2.05) is 0 Å². The van der Waals surface area contributed by atoms with Gasteiger partial charge in [-0.15, -0.1) is 0 Å². The summed E-state index contributed by atoms with van der Waals surface area (Å²) in [7, 11) is 1.44. The van der Waals surface area contributed by atoms with Crippen LogP contribution in [0.1, 0.15) is 28.9 Å². The maximum atomic E-state index is 12.1. The number of hydrogen-bond acceptors (Lipinski definition) is 5. The Kier molecular flexibility index (Phi) is 8.30. The quantitative estimate of drug-likeness (QED) is 0.617. The molecule has 0 aliphatic carbocycles. The van der Waals surface area contributed by atoms with Gasteiger partial charge in [-0.05, 0) is 36.8 Å². The number of carbonyl (C=O) groups excluding carboxylic acids is 3. The lowest BCUT2D eigenvalue weighted by Gasteiger charge is -2.15. The molecule has 1 atom stereocenters. The van der Waals surface area contributed by atoms with E-state index in [9.17, 15) is 14.4 Å². The SMILES string of the molecule is COc1ccccc1C(=O)NCC(=O)OCC(=O)NC(C)c1ccc(Cl)c(Cl)c1. The molecule has 0 bridgehead atoms. The highest BCUT2D eigenvalue weighted by Crippen LogP contribution is 2.25. The van der Waals surface area contributed by atoms with E-state index in [4.69, 9.17) is 32.7 Å². The molecule has 0 saturated carbocycles. The maximum absolute atomic E-state index is 12.1. The molecule has 0 aliphatic rings. The molecule has 2 amide bonds. The zero-order chi connectivity index (χ0) is 21.4. The van der Waals surface area contributed by atoms with Gasteiger partial charge in [0.2, 0.25) is 0 Å². The third-order valence-electron chi connectivity index (χ3n) is 3.93. The molecule has 0 fully saturated rings. The highest BCUT2D eigenvalue weighted by atomic mass is 35.5. The van der Waals surface area contributed by atoms with Crippen molar-refractivity contribution < 1.29 is 23.9 Å². The normalized spacial score (nSPS) is 11.3. The zero-order valence-corrected chi connectivity index (χ0v) is 17.3. The lowest BCUT2D eigenvalue weighted by Crippen LogP contribution is -2.34. The van der Waals surface area contributed by atoms with Crippen LogP contribution in [0.2, 0.25) is 10.0 Å². The van der Waals surface area contributed by atoms with Crippen LogP contribution in [0.5, 0.6) is 5.75 Å². The minimum absolute atomic E-state index is 0.288. The average molecular weight is 439 g/mol. The van der Waals surface area contributed by atoms with Gasteiger partial charge in [-0.1, -0.05) is 41.4 Å². The second-order valence-corrected chi connectivity index (χ2v) is 6.82. The van der Waals surface area contributed by atoms with E-state index in [1.165, 1.54) is 7.11 Å². The third-order valence-corrected chi connectivity index (χ3v) is 4.67. The number of benzene rings is 2. The monoisotopic (exact) mass is 438 g/mol. The van der Waals surface area contributed by atoms with Crippen LogP contribution in [0.4, 0.5) is 0 Å². The van der Waals surface area contributed by atoms with Crippen molar-refractivity contribution in [2.45, 2.75) is 13.0 Å². The van der Waals surface area contributed by atoms with E-state index in [2.05, 4.69) is 10.6 Å². The van der Waals surface area contributed by atoms with Crippen molar-refractivity contribution in [2.75, 3.05) is 20.3 Å². The Labute approximate surface area is 178 Å². The van der Waals surface area contributed by atoms with Crippen molar-refractivity contribution in [3.8, 4) is 5.75 Å². The van der Waals surface area contributed by atoms with Crippen LogP contribution in [0.15, 0.2) is 42.5 Å². The van der Waals surface area contributed by atoms with Crippen LogP contribution in [0, 0.1) is 0 Å². The van der Waals surface area contributed by atoms with Crippen molar-refractivity contribution in [2.24, 2.45) is 0 Å². The summed E-state index contributed by atoms with van der Waals surface area (Å²) in [5, 5.41) is 5.90. The summed E-state index contributed by atoms with van der Waals surface area (Å²) in [6.45, 7) is 0.897. The van der Waals surface area contributed by atoms with E-state index >= 15 is 0 Å². The number of amides is 2. The largest absolute Gasteiger partial charge is 0.496 e. The fraction of sp³-hybridized carbons (Fsp3) is 0.250. The van der Waals surface area contributed by atoms with Crippen LogP contribution in [0.25, 0.3) is 0 Å². The van der Waals surface area contributed by atoms with Crippen molar-refractivity contribution in [3.05, 3.63) is 63.6 Å². The Balaban J connectivity index is 1.77. The molecule has 0 spiro atoms. The van der Waals surface area contributed by atoms with Gasteiger partial charge in [-0.25, -0.2) is 0 Å². The molecular formula is C20H20Cl2N2O5. The van der Waals surface area contributed by atoms with Gasteiger partial charge in [0.05, 0.1) is 28.8 Å². The smallest absolute Gasteiger partial charge is 0.325 e. The molecule has 2 rings (SSSR count). The number of ether oxygens (including phenoxy) is 2. The van der Waals surface area contributed by atoms with Gasteiger partial charge in [-0.3, -0.25) is 14.4 Å². The van der Waals surface area contributed by atoms with Crippen molar-refractivity contribution in [1.82, 2.24) is 10.6 Å². The average Bonchev–Trinajstić information content (AvgIpc) is 2.72. The number of nitrogens with one attached hydrogen (secondary N) is 2. The Morgan fingerprint density at radius 3 is 2.48 bits per heavy atom. The number of rotatable bonds is 8. The molecule has 0 heterocycles. The van der Waals surface area contributed by atoms with Gasteiger partial charge < -0.3 is 20.1 Å². The molecule has 9 heteroatoms. The molecular weight excluding hydrogens is 419 g/mol. The predicted octanol–water partition coefficient (Wildman–Crippen LogP) is 3.15. The molecule has 0 saturated heterocycles. The van der Waals surface area contributed by atoms with Crippen LogP contribution < -0.4 is 15.4 Å². The summed E-state index contributed by atoms with van der Waals surface area (Å²) < 4.78 is 9.98. The first-order chi connectivity index (χ1) is 13.8. The van der Waals surface area contributed by atoms with E-state index in [-0.39, 0.29) is 18.2 Å². The van der Waals surface area contributed by atoms with E-state index in [0.29, 0.717) is 15.8 Å². The van der Waals surface area contributed by atoms with Crippen LogP contribution in [0.3, 0.4) is 0 Å². The van der Waals surface area contributed by atoms with E-state index < -0.39 is 24.4 Å². The van der Waals surface area contributed by atoms with Crippen molar-refractivity contribution in [1.29, 1.82) is 0 Å². The molecule has 0 radical (unpaired) electrons. The first kappa shape index (κ1) is 22.5. The summed E-state index contributed by atoms with van der Waals surface area (Å²) in [5.74, 6) is -1.34. The summed E-state index contributed by atoms with van der Waals surface area (Å²) >= 11 is 11.8. The minimum Gasteiger partial charge on any atom is -0.496 e. The van der Waals surface area contributed by atoms with Crippen molar-refractivity contribution >= 4 is 41.0 Å². The fourth-order valence-electron chi connectivity index (χ4n) is 2.43. The highest BCUT2D eigenvalue weighted by Gasteiger charge is 2.15. The van der Waals surface area contributed by atoms with Gasteiger partial charge in [0.1, 0.15) is 12.3 Å². The molecule has 0 aliphatic heterocycles. The zero-order valence-electron chi connectivity index (χ0n) is 15.8. The summed E-state index contributed by atoms with van der Waals surface area (Å²) in [6, 6.07) is 11.3. The topological polar surface area (TPSA) is 93.7 Å². The standard InChI is InChI=1S/C20H20Cl2N2O5/c1-12(13-7-8-15(21)16(22)9-13)24-18(25)11-29-19(26)10-23-20(27)14-5-3-4-6-17(14)28-2/h3-9,12H,10-11H2,1-2H3,(H,23,27)(H,24,25). The Morgan fingerprint density at radius 2 is 1.79 bits per heavy atom. The molecule has 2 aromatic rings. The van der Waals surface area contributed by atoms with Gasteiger partial charge in [0.15, 0.2) is 6.61 Å². The van der Waals surface area contributed by atoms with Gasteiger partial charge in [-0.2, -0.15) is 0 Å². The van der Waals surface area contributed by atoms with Crippen LogP contribution in [-0.4, -0.2) is 38.0 Å². The summed E-state index contributed by atoms with van der Waals surface area (Å²) in [4.78, 5) is 35.9. The predicted molar refractivity (Wildman–Crippen MR) is 109 cm³/mol. The molecule has 0 aromatic heterocycles. The van der Waals surface area contributed by atoms with Crippen molar-refractivity contribution in [3.63, 3.8) is 0 Å². The molecule has 2 aromatic carbocycles. The molecule has 7 nitrogen and oxygen atoms in total. The first-order valence-corrected chi connectivity index (χ1v) is 9.38. The lowest BCUT2D eigenvalue weighted by molar-refractivity contribution is -0.147. The first-order valence-electron chi connectivity index (χ1n) is 8.63. The molecule has 154 valence electrons. The van der Waals surface area contributed by atoms with Gasteiger partial charge in [0.25, 0.3) is 11.8 Å². The van der Waals surface area contributed by atoms with Crippen LogP contribution >= 0.6 is 23.2 Å². The fourth-order valence-corrected chi connectivity index (χ4v) is 2.73. The Morgan fingerprint density at radius 1 is 1.07 bits per heavy atom. The number of esters is 1. The Hall–Kier alpha value is -2.77. The third kappa shape index (κ3) is 6.66. The molecule has 1 unspecified atom stereocenters. The van der Waals surface area contributed by atoms with Crippen LogP contribution in [-0.2, 0) is 14.3 Å². The minimum atomic E-state index is -0.745. The summed E-state index contributed by atoms with van der Waals surface area (Å²) in [6.07, 6.45) is 0.